The molecule has 0 bridgehead atoms. The predicted octanol–water partition coefficient (Wildman–Crippen LogP) is 4.91. The van der Waals surface area contributed by atoms with Crippen LogP contribution in [-0.4, -0.2) is 16.0 Å². The van der Waals surface area contributed by atoms with Crippen LogP contribution in [0.2, 0.25) is 10.0 Å². The number of nitrogens with zero attached hydrogens (tertiary/aromatic N) is 2. The average Bonchev–Trinajstić information content (AvgIpc) is 2.91. The molecule has 24 heavy (non-hydrogen) atoms. The van der Waals surface area contributed by atoms with Crippen molar-refractivity contribution in [2.75, 3.05) is 5.32 Å². The van der Waals surface area contributed by atoms with Crippen molar-refractivity contribution in [3.05, 3.63) is 63.5 Å². The number of hydrogen-bond acceptors (Lipinski definition) is 4. The number of benzene rings is 1. The maximum absolute atomic E-state index is 12.7. The maximum atomic E-state index is 12.7. The van der Waals surface area contributed by atoms with E-state index in [0.29, 0.717) is 32.9 Å². The lowest BCUT2D eigenvalue weighted by atomic mass is 10.1. The van der Waals surface area contributed by atoms with E-state index in [1.807, 2.05) is 13.0 Å². The van der Waals surface area contributed by atoms with Gasteiger partial charge in [-0.15, -0.1) is 0 Å². The number of amides is 1. The van der Waals surface area contributed by atoms with E-state index in [0.717, 1.165) is 5.56 Å². The Labute approximate surface area is 148 Å². The molecule has 0 spiro atoms. The third-order valence-corrected chi connectivity index (χ3v) is 4.16. The van der Waals surface area contributed by atoms with E-state index in [9.17, 15) is 4.79 Å². The largest absolute Gasteiger partial charge is 0.360 e. The number of carbonyl (C=O) groups is 1. The van der Waals surface area contributed by atoms with Crippen molar-refractivity contribution in [2.45, 2.75) is 13.8 Å². The highest BCUT2D eigenvalue weighted by Crippen LogP contribution is 2.36. The molecule has 0 unspecified atom stereocenters. The summed E-state index contributed by atoms with van der Waals surface area (Å²) >= 11 is 12.5. The number of aromatic nitrogens is 2. The molecule has 3 aromatic rings. The number of hydrogen-bond donors (Lipinski definition) is 1. The number of nitrogens with one attached hydrogen (secondary N) is 1. The molecular formula is C17H13Cl2N3O2. The fourth-order valence-electron chi connectivity index (χ4n) is 2.32. The molecule has 0 aliphatic rings. The first kappa shape index (κ1) is 16.5. The molecule has 7 heteroatoms. The lowest BCUT2D eigenvalue weighted by Gasteiger charge is -2.08. The van der Waals surface area contributed by atoms with Gasteiger partial charge < -0.3 is 9.84 Å². The van der Waals surface area contributed by atoms with E-state index in [1.165, 1.54) is 0 Å². The summed E-state index contributed by atoms with van der Waals surface area (Å²) in [5.74, 6) is 0.452. The predicted molar refractivity (Wildman–Crippen MR) is 93.6 cm³/mol. The Morgan fingerprint density at radius 3 is 2.50 bits per heavy atom. The number of rotatable bonds is 3. The number of anilines is 1. The highest BCUT2D eigenvalue weighted by molar-refractivity contribution is 6.39. The van der Waals surface area contributed by atoms with Crippen LogP contribution in [0.4, 0.5) is 5.82 Å². The molecule has 122 valence electrons. The van der Waals surface area contributed by atoms with Gasteiger partial charge in [-0.3, -0.25) is 4.79 Å². The van der Waals surface area contributed by atoms with E-state index in [4.69, 9.17) is 27.7 Å². The van der Waals surface area contributed by atoms with Crippen molar-refractivity contribution in [1.29, 1.82) is 0 Å². The molecule has 0 atom stereocenters. The normalized spacial score (nSPS) is 10.7. The van der Waals surface area contributed by atoms with Crippen molar-refractivity contribution in [3.63, 3.8) is 0 Å². The van der Waals surface area contributed by atoms with Gasteiger partial charge in [0.2, 0.25) is 0 Å². The van der Waals surface area contributed by atoms with E-state index in [2.05, 4.69) is 15.5 Å². The Hall–Kier alpha value is -2.37. The van der Waals surface area contributed by atoms with Gasteiger partial charge >= 0.3 is 0 Å². The molecule has 1 amide bonds. The Morgan fingerprint density at radius 2 is 1.83 bits per heavy atom. The van der Waals surface area contributed by atoms with Gasteiger partial charge in [0.25, 0.3) is 5.91 Å². The van der Waals surface area contributed by atoms with Crippen LogP contribution in [0.1, 0.15) is 21.7 Å². The zero-order valence-electron chi connectivity index (χ0n) is 12.9. The summed E-state index contributed by atoms with van der Waals surface area (Å²) in [5, 5.41) is 7.51. The van der Waals surface area contributed by atoms with E-state index < -0.39 is 0 Å². The Morgan fingerprint density at radius 1 is 1.12 bits per heavy atom. The second-order valence-electron chi connectivity index (χ2n) is 5.18. The zero-order valence-corrected chi connectivity index (χ0v) is 14.4. The van der Waals surface area contributed by atoms with Crippen LogP contribution in [0.5, 0.6) is 0 Å². The summed E-state index contributed by atoms with van der Waals surface area (Å²) in [5.41, 5.74) is 1.88. The quantitative estimate of drug-likeness (QED) is 0.719. The summed E-state index contributed by atoms with van der Waals surface area (Å²) < 4.78 is 5.20. The summed E-state index contributed by atoms with van der Waals surface area (Å²) in [6.07, 6.45) is 1.61. The number of pyridine rings is 1. The zero-order chi connectivity index (χ0) is 17.3. The van der Waals surface area contributed by atoms with Crippen LogP contribution in [0.25, 0.3) is 11.3 Å². The molecular weight excluding hydrogens is 349 g/mol. The fourth-order valence-corrected chi connectivity index (χ4v) is 2.90. The molecule has 1 N–H and O–H groups in total. The molecule has 3 rings (SSSR count). The Balaban J connectivity index is 2.05. The number of halogens is 2. The Bertz CT molecular complexity index is 902. The van der Waals surface area contributed by atoms with Gasteiger partial charge in [0.05, 0.1) is 10.0 Å². The minimum absolute atomic E-state index is 0.273. The highest BCUT2D eigenvalue weighted by Gasteiger charge is 2.25. The van der Waals surface area contributed by atoms with Crippen LogP contribution in [-0.2, 0) is 0 Å². The maximum Gasteiger partial charge on any atom is 0.262 e. The molecule has 5 nitrogen and oxygen atoms in total. The molecule has 2 aromatic heterocycles. The van der Waals surface area contributed by atoms with Gasteiger partial charge in [-0.2, -0.15) is 0 Å². The van der Waals surface area contributed by atoms with Gasteiger partial charge in [0.1, 0.15) is 22.8 Å². The molecule has 2 heterocycles. The van der Waals surface area contributed by atoms with Crippen molar-refractivity contribution < 1.29 is 9.32 Å². The topological polar surface area (TPSA) is 68.0 Å². The van der Waals surface area contributed by atoms with E-state index in [1.54, 1.807) is 37.4 Å². The average molecular weight is 362 g/mol. The van der Waals surface area contributed by atoms with Crippen LogP contribution < -0.4 is 5.32 Å². The van der Waals surface area contributed by atoms with Crippen LogP contribution in [0, 0.1) is 13.8 Å². The Kier molecular flexibility index (Phi) is 4.55. The molecule has 0 radical (unpaired) electrons. The van der Waals surface area contributed by atoms with Crippen LogP contribution in [0.3, 0.4) is 0 Å². The van der Waals surface area contributed by atoms with Gasteiger partial charge in [-0.1, -0.05) is 40.5 Å². The molecule has 0 aliphatic carbocycles. The van der Waals surface area contributed by atoms with E-state index in [-0.39, 0.29) is 11.5 Å². The fraction of sp³-hybridized carbons (Fsp3) is 0.118. The first-order chi connectivity index (χ1) is 11.5. The van der Waals surface area contributed by atoms with Crippen molar-refractivity contribution in [3.8, 4) is 11.3 Å². The molecule has 1 aromatic carbocycles. The first-order valence-electron chi connectivity index (χ1n) is 7.12. The molecule has 0 aliphatic heterocycles. The molecule has 0 fully saturated rings. The SMILES string of the molecule is Cc1cccnc1NC(=O)c1c(-c2c(Cl)cccc2Cl)noc1C. The number of carbonyl (C=O) groups excluding carboxylic acids is 1. The van der Waals surface area contributed by atoms with Gasteiger partial charge in [0.15, 0.2) is 0 Å². The monoisotopic (exact) mass is 361 g/mol. The summed E-state index contributed by atoms with van der Waals surface area (Å²) in [4.78, 5) is 16.9. The lowest BCUT2D eigenvalue weighted by molar-refractivity contribution is 0.102. The van der Waals surface area contributed by atoms with Gasteiger partial charge in [-0.25, -0.2) is 4.98 Å². The standard InChI is InChI=1S/C17H13Cl2N3O2/c1-9-5-4-8-20-16(9)21-17(23)13-10(2)24-22-15(13)14-11(18)6-3-7-12(14)19/h3-8H,1-2H3,(H,20,21,23). The third-order valence-electron chi connectivity index (χ3n) is 3.53. The molecule has 0 saturated carbocycles. The summed E-state index contributed by atoms with van der Waals surface area (Å²) in [6.45, 7) is 3.51. The highest BCUT2D eigenvalue weighted by atomic mass is 35.5. The summed E-state index contributed by atoms with van der Waals surface area (Å²) in [6, 6.07) is 8.73. The minimum atomic E-state index is -0.387. The second kappa shape index (κ2) is 6.63. The first-order valence-corrected chi connectivity index (χ1v) is 7.88. The van der Waals surface area contributed by atoms with Crippen molar-refractivity contribution >= 4 is 34.9 Å². The van der Waals surface area contributed by atoms with Crippen molar-refractivity contribution in [1.82, 2.24) is 10.1 Å². The summed E-state index contributed by atoms with van der Waals surface area (Å²) in [7, 11) is 0. The third kappa shape index (κ3) is 3.00. The smallest absolute Gasteiger partial charge is 0.262 e. The van der Waals surface area contributed by atoms with Gasteiger partial charge in [0, 0.05) is 11.8 Å². The van der Waals surface area contributed by atoms with Gasteiger partial charge in [-0.05, 0) is 37.6 Å². The lowest BCUT2D eigenvalue weighted by Crippen LogP contribution is -2.15. The minimum Gasteiger partial charge on any atom is -0.360 e. The number of aryl methyl sites for hydroxylation is 2. The van der Waals surface area contributed by atoms with Crippen LogP contribution in [0.15, 0.2) is 41.1 Å². The second-order valence-corrected chi connectivity index (χ2v) is 6.00. The van der Waals surface area contributed by atoms with Crippen molar-refractivity contribution in [2.24, 2.45) is 0 Å². The molecule has 0 saturated heterocycles. The van der Waals surface area contributed by atoms with Crippen LogP contribution >= 0.6 is 23.2 Å². The van der Waals surface area contributed by atoms with E-state index >= 15 is 0 Å².